The van der Waals surface area contributed by atoms with E-state index in [1.54, 1.807) is 0 Å². The SMILES string of the molecule is O=NOC1([N+](=O)[O-])CCCCC1. The normalized spacial score (nSPS) is 21.3. The van der Waals surface area contributed by atoms with Crippen molar-refractivity contribution in [1.29, 1.82) is 0 Å². The van der Waals surface area contributed by atoms with Gasteiger partial charge in [0.05, 0.1) is 17.8 Å². The van der Waals surface area contributed by atoms with Crippen LogP contribution in [0.3, 0.4) is 0 Å². The second-order valence-corrected chi connectivity index (χ2v) is 2.93. The first kappa shape index (κ1) is 8.89. The highest BCUT2D eigenvalue weighted by atomic mass is 16.8. The molecule has 6 nitrogen and oxygen atoms in total. The first-order valence-electron chi connectivity index (χ1n) is 3.87. The summed E-state index contributed by atoms with van der Waals surface area (Å²) in [6.07, 6.45) is 2.96. The summed E-state index contributed by atoms with van der Waals surface area (Å²) in [5, 5.41) is 12.7. The summed E-state index contributed by atoms with van der Waals surface area (Å²) >= 11 is 0. The summed E-state index contributed by atoms with van der Waals surface area (Å²) in [4.78, 5) is 24.1. The Morgan fingerprint density at radius 2 is 1.92 bits per heavy atom. The minimum absolute atomic E-state index is 0.283. The van der Waals surface area contributed by atoms with Gasteiger partial charge in [0.2, 0.25) is 0 Å². The minimum atomic E-state index is -1.53. The fraction of sp³-hybridized carbons (Fsp3) is 1.00. The van der Waals surface area contributed by atoms with Gasteiger partial charge in [0, 0.05) is 0 Å². The molecule has 6 heteroatoms. The molecule has 0 aromatic rings. The Labute approximate surface area is 69.0 Å². The third-order valence-corrected chi connectivity index (χ3v) is 2.17. The molecule has 1 aliphatic carbocycles. The second-order valence-electron chi connectivity index (χ2n) is 2.93. The van der Waals surface area contributed by atoms with Gasteiger partial charge in [-0.2, -0.15) is 0 Å². The van der Waals surface area contributed by atoms with Gasteiger partial charge in [-0.25, -0.2) is 0 Å². The Balaban J connectivity index is 2.69. The molecule has 0 atom stereocenters. The lowest BCUT2D eigenvalue weighted by Crippen LogP contribution is -2.41. The van der Waals surface area contributed by atoms with Crippen molar-refractivity contribution in [2.24, 2.45) is 5.34 Å². The van der Waals surface area contributed by atoms with Crippen molar-refractivity contribution in [3.8, 4) is 0 Å². The third kappa shape index (κ3) is 1.51. The molecule has 0 saturated heterocycles. The molecule has 1 saturated carbocycles. The van der Waals surface area contributed by atoms with E-state index in [-0.39, 0.29) is 12.8 Å². The van der Waals surface area contributed by atoms with E-state index in [2.05, 4.69) is 10.2 Å². The van der Waals surface area contributed by atoms with E-state index < -0.39 is 10.6 Å². The maximum Gasteiger partial charge on any atom is 0.387 e. The van der Waals surface area contributed by atoms with Crippen molar-refractivity contribution in [2.75, 3.05) is 0 Å². The van der Waals surface area contributed by atoms with Gasteiger partial charge >= 0.3 is 5.72 Å². The quantitative estimate of drug-likeness (QED) is 0.281. The number of rotatable bonds is 3. The van der Waals surface area contributed by atoms with Crippen LogP contribution in [0.2, 0.25) is 0 Å². The highest BCUT2D eigenvalue weighted by Crippen LogP contribution is 2.32. The van der Waals surface area contributed by atoms with Crippen LogP contribution in [0, 0.1) is 15.0 Å². The molecule has 0 unspecified atom stereocenters. The maximum absolute atomic E-state index is 10.5. The largest absolute Gasteiger partial charge is 0.387 e. The average molecular weight is 174 g/mol. The zero-order valence-electron chi connectivity index (χ0n) is 6.56. The predicted molar refractivity (Wildman–Crippen MR) is 39.7 cm³/mol. The fourth-order valence-corrected chi connectivity index (χ4v) is 1.48. The summed E-state index contributed by atoms with van der Waals surface area (Å²) in [6.45, 7) is 0. The van der Waals surface area contributed by atoms with Crippen molar-refractivity contribution in [3.63, 3.8) is 0 Å². The summed E-state index contributed by atoms with van der Waals surface area (Å²) in [7, 11) is 0. The molecule has 0 aromatic heterocycles. The Morgan fingerprint density at radius 1 is 1.33 bits per heavy atom. The van der Waals surface area contributed by atoms with Crippen LogP contribution in [0.15, 0.2) is 5.34 Å². The smallest absolute Gasteiger partial charge is 0.286 e. The van der Waals surface area contributed by atoms with Crippen LogP contribution < -0.4 is 0 Å². The first-order valence-corrected chi connectivity index (χ1v) is 3.87. The minimum Gasteiger partial charge on any atom is -0.286 e. The van der Waals surface area contributed by atoms with Gasteiger partial charge in [-0.15, -0.1) is 4.91 Å². The predicted octanol–water partition coefficient (Wildman–Crippen LogP) is 1.62. The zero-order chi connectivity index (χ0) is 9.03. The molecule has 0 aromatic carbocycles. The lowest BCUT2D eigenvalue weighted by atomic mass is 9.92. The summed E-state index contributed by atoms with van der Waals surface area (Å²) < 4.78 is 0. The Hall–Kier alpha value is -1.20. The molecule has 0 N–H and O–H groups in total. The highest BCUT2D eigenvalue weighted by molar-refractivity contribution is 4.73. The molecule has 0 bridgehead atoms. The average Bonchev–Trinajstić information content (AvgIpc) is 2.06. The number of nitrogens with zero attached hydrogens (tertiary/aromatic N) is 2. The van der Waals surface area contributed by atoms with Crippen molar-refractivity contribution in [3.05, 3.63) is 15.0 Å². The molecule has 1 aliphatic rings. The lowest BCUT2D eigenvalue weighted by molar-refractivity contribution is -0.636. The van der Waals surface area contributed by atoms with E-state index in [4.69, 9.17) is 0 Å². The van der Waals surface area contributed by atoms with E-state index in [9.17, 15) is 15.0 Å². The molecule has 0 aliphatic heterocycles. The van der Waals surface area contributed by atoms with Gasteiger partial charge in [-0.05, 0) is 12.8 Å². The van der Waals surface area contributed by atoms with E-state index in [0.29, 0.717) is 0 Å². The Kier molecular flexibility index (Phi) is 2.57. The van der Waals surface area contributed by atoms with E-state index in [0.717, 1.165) is 19.3 Å². The molecule has 0 spiro atoms. The fourth-order valence-electron chi connectivity index (χ4n) is 1.48. The van der Waals surface area contributed by atoms with Crippen molar-refractivity contribution in [1.82, 2.24) is 0 Å². The lowest BCUT2D eigenvalue weighted by Gasteiger charge is -2.24. The van der Waals surface area contributed by atoms with E-state index >= 15 is 0 Å². The molecule has 68 valence electrons. The summed E-state index contributed by atoms with van der Waals surface area (Å²) in [6, 6.07) is 0. The topological polar surface area (TPSA) is 81.8 Å². The Morgan fingerprint density at radius 3 is 2.33 bits per heavy atom. The molecular weight excluding hydrogens is 164 g/mol. The van der Waals surface area contributed by atoms with Crippen molar-refractivity contribution >= 4 is 0 Å². The van der Waals surface area contributed by atoms with Crippen LogP contribution in [-0.2, 0) is 4.84 Å². The van der Waals surface area contributed by atoms with E-state index in [1.165, 1.54) is 0 Å². The molecule has 0 heterocycles. The van der Waals surface area contributed by atoms with E-state index in [1.807, 2.05) is 0 Å². The summed E-state index contributed by atoms with van der Waals surface area (Å²) in [5.74, 6) is 0. The van der Waals surface area contributed by atoms with Crippen LogP contribution in [0.25, 0.3) is 0 Å². The molecule has 0 radical (unpaired) electrons. The molecule has 12 heavy (non-hydrogen) atoms. The van der Waals surface area contributed by atoms with Crippen LogP contribution in [0.1, 0.15) is 32.1 Å². The van der Waals surface area contributed by atoms with Gasteiger partial charge in [0.1, 0.15) is 0 Å². The highest BCUT2D eigenvalue weighted by Gasteiger charge is 2.47. The van der Waals surface area contributed by atoms with Crippen molar-refractivity contribution in [2.45, 2.75) is 37.8 Å². The monoisotopic (exact) mass is 174 g/mol. The van der Waals surface area contributed by atoms with Crippen LogP contribution in [0.5, 0.6) is 0 Å². The van der Waals surface area contributed by atoms with Crippen molar-refractivity contribution < 1.29 is 9.76 Å². The molecule has 1 rings (SSSR count). The van der Waals surface area contributed by atoms with Crippen LogP contribution in [-0.4, -0.2) is 10.6 Å². The number of nitro groups is 1. The van der Waals surface area contributed by atoms with Gasteiger partial charge < -0.3 is 0 Å². The number of hydrogen-bond donors (Lipinski definition) is 0. The zero-order valence-corrected chi connectivity index (χ0v) is 6.56. The molecule has 0 amide bonds. The molecular formula is C6H10N2O4. The standard InChI is InChI=1S/C6H10N2O4/c9-7-12-6(8(10)11)4-2-1-3-5-6/h1-5H2. The second kappa shape index (κ2) is 3.46. The van der Waals surface area contributed by atoms with Crippen LogP contribution >= 0.6 is 0 Å². The molecule has 1 fully saturated rings. The van der Waals surface area contributed by atoms with Gasteiger partial charge in [-0.3, -0.25) is 15.0 Å². The third-order valence-electron chi connectivity index (χ3n) is 2.17. The Bertz CT molecular complexity index is 188. The van der Waals surface area contributed by atoms with Gasteiger partial charge in [0.15, 0.2) is 5.34 Å². The van der Waals surface area contributed by atoms with Gasteiger partial charge in [0.25, 0.3) is 0 Å². The first-order chi connectivity index (χ1) is 5.71. The summed E-state index contributed by atoms with van der Waals surface area (Å²) in [5.41, 5.74) is -1.53. The maximum atomic E-state index is 10.5. The number of hydrogen-bond acceptors (Lipinski definition) is 5. The van der Waals surface area contributed by atoms with Gasteiger partial charge in [-0.1, -0.05) is 6.42 Å². The van der Waals surface area contributed by atoms with Crippen LogP contribution in [0.4, 0.5) is 0 Å².